The molecule has 1 aliphatic carbocycles. The number of carbonyl (C=O) groups excluding carboxylic acids is 1. The molecule has 0 N–H and O–H groups in total. The Morgan fingerprint density at radius 2 is 1.85 bits per heavy atom. The van der Waals surface area contributed by atoms with E-state index in [1.807, 2.05) is 48.5 Å². The minimum Gasteiger partial charge on any atom is -0.496 e. The minimum absolute atomic E-state index is 0.240. The van der Waals surface area contributed by atoms with Crippen molar-refractivity contribution in [2.24, 2.45) is 0 Å². The summed E-state index contributed by atoms with van der Waals surface area (Å²) in [4.78, 5) is 15.6. The summed E-state index contributed by atoms with van der Waals surface area (Å²) < 4.78 is 15.5. The molecule has 4 rings (SSSR count). The summed E-state index contributed by atoms with van der Waals surface area (Å²) in [7, 11) is 3.32. The number of Topliss-reactive ketones (excluding diaryl/α,β-unsaturated/α-hetero) is 1. The molecule has 5 nitrogen and oxygen atoms in total. The second-order valence-corrected chi connectivity index (χ2v) is 6.16. The molecule has 27 heavy (non-hydrogen) atoms. The van der Waals surface area contributed by atoms with Crippen molar-refractivity contribution in [1.82, 2.24) is 4.98 Å². The predicted molar refractivity (Wildman–Crippen MR) is 103 cm³/mol. The molecule has 5 heteroatoms. The minimum atomic E-state index is 0.240. The van der Waals surface area contributed by atoms with Gasteiger partial charge in [0.1, 0.15) is 12.0 Å². The number of nitrogens with zero attached hydrogens (tertiary/aromatic N) is 1. The lowest BCUT2D eigenvalue weighted by Crippen LogP contribution is -1.94. The molecule has 0 aliphatic heterocycles. The number of methoxy groups -OCH3 is 2. The highest BCUT2D eigenvalue weighted by Crippen LogP contribution is 2.29. The van der Waals surface area contributed by atoms with Crippen LogP contribution in [0.25, 0.3) is 11.5 Å². The van der Waals surface area contributed by atoms with Gasteiger partial charge in [0.2, 0.25) is 5.89 Å². The van der Waals surface area contributed by atoms with Crippen molar-refractivity contribution in [1.29, 1.82) is 0 Å². The van der Waals surface area contributed by atoms with Crippen LogP contribution in [-0.2, 0) is 17.6 Å². The number of benzene rings is 2. The largest absolute Gasteiger partial charge is 0.496 e. The van der Waals surface area contributed by atoms with E-state index < -0.39 is 0 Å². The summed E-state index contributed by atoms with van der Waals surface area (Å²) in [6.45, 7) is 0.667. The molecule has 140 valence electrons. The van der Waals surface area contributed by atoms with Crippen LogP contribution in [0.3, 0.4) is 0 Å². The standard InChI is InChI=1S/C12H13NO2.C10H10O2/c1-14-8-7-11-9-15-12(13-11)10-5-3-2-4-6-10;1-12-10-4-2-3-7-8(10)5-6-9(7)11/h2-6,9H,7-8H2,1H3;2-4H,5-6H2,1H3. The highest BCUT2D eigenvalue weighted by molar-refractivity contribution is 6.01. The summed E-state index contributed by atoms with van der Waals surface area (Å²) in [5, 5.41) is 0. The lowest BCUT2D eigenvalue weighted by Gasteiger charge is -2.04. The van der Waals surface area contributed by atoms with Crippen LogP contribution in [0.5, 0.6) is 5.75 Å². The zero-order valence-corrected chi connectivity index (χ0v) is 15.6. The van der Waals surface area contributed by atoms with Crippen LogP contribution in [0.4, 0.5) is 0 Å². The Kier molecular flexibility index (Phi) is 6.39. The SMILES string of the molecule is COCCc1coc(-c2ccccc2)n1.COc1cccc2c1CCC2=O. The molecule has 1 aromatic heterocycles. The Hall–Kier alpha value is -2.92. The van der Waals surface area contributed by atoms with Crippen LogP contribution < -0.4 is 4.74 Å². The van der Waals surface area contributed by atoms with Gasteiger partial charge in [0.25, 0.3) is 0 Å². The van der Waals surface area contributed by atoms with Gasteiger partial charge in [-0.15, -0.1) is 0 Å². The predicted octanol–water partition coefficient (Wildman–Crippen LogP) is 4.35. The van der Waals surface area contributed by atoms with E-state index in [1.54, 1.807) is 20.5 Å². The molecule has 0 unspecified atom stereocenters. The summed E-state index contributed by atoms with van der Waals surface area (Å²) in [6, 6.07) is 15.5. The van der Waals surface area contributed by atoms with E-state index in [1.165, 1.54) is 0 Å². The monoisotopic (exact) mass is 365 g/mol. The molecular formula is C22H23NO4. The molecule has 0 bridgehead atoms. The average molecular weight is 365 g/mol. The van der Waals surface area contributed by atoms with E-state index >= 15 is 0 Å². The van der Waals surface area contributed by atoms with Crippen molar-refractivity contribution < 1.29 is 18.7 Å². The van der Waals surface area contributed by atoms with Crippen LogP contribution in [0.1, 0.15) is 28.0 Å². The van der Waals surface area contributed by atoms with Gasteiger partial charge in [-0.05, 0) is 24.6 Å². The number of hydrogen-bond acceptors (Lipinski definition) is 5. The topological polar surface area (TPSA) is 61.6 Å². The molecule has 0 spiro atoms. The highest BCUT2D eigenvalue weighted by Gasteiger charge is 2.21. The fourth-order valence-electron chi connectivity index (χ4n) is 2.99. The fourth-order valence-corrected chi connectivity index (χ4v) is 2.99. The third-order valence-corrected chi connectivity index (χ3v) is 4.39. The number of ketones is 1. The molecule has 1 aliphatic rings. The number of fused-ring (bicyclic) bond motifs is 1. The summed E-state index contributed by atoms with van der Waals surface area (Å²) in [5.41, 5.74) is 3.84. The van der Waals surface area contributed by atoms with Gasteiger partial charge < -0.3 is 13.9 Å². The number of ether oxygens (including phenoxy) is 2. The number of aromatic nitrogens is 1. The Balaban J connectivity index is 0.000000159. The first kappa shape index (κ1) is 18.9. The summed E-state index contributed by atoms with van der Waals surface area (Å²) in [5.74, 6) is 1.75. The molecule has 0 amide bonds. The van der Waals surface area contributed by atoms with Gasteiger partial charge in [-0.2, -0.15) is 0 Å². The van der Waals surface area contributed by atoms with Gasteiger partial charge in [0.05, 0.1) is 19.4 Å². The van der Waals surface area contributed by atoms with Gasteiger partial charge in [-0.25, -0.2) is 4.98 Å². The maximum atomic E-state index is 11.3. The smallest absolute Gasteiger partial charge is 0.226 e. The van der Waals surface area contributed by atoms with E-state index in [9.17, 15) is 4.79 Å². The Morgan fingerprint density at radius 3 is 2.59 bits per heavy atom. The molecular weight excluding hydrogens is 342 g/mol. The van der Waals surface area contributed by atoms with E-state index in [0.717, 1.165) is 41.0 Å². The van der Waals surface area contributed by atoms with Crippen molar-refractivity contribution >= 4 is 5.78 Å². The lowest BCUT2D eigenvalue weighted by atomic mass is 10.1. The first-order chi connectivity index (χ1) is 13.2. The van der Waals surface area contributed by atoms with Gasteiger partial charge in [-0.1, -0.05) is 30.3 Å². The molecule has 0 radical (unpaired) electrons. The van der Waals surface area contributed by atoms with Gasteiger partial charge in [0, 0.05) is 36.6 Å². The third-order valence-electron chi connectivity index (χ3n) is 4.39. The van der Waals surface area contributed by atoms with Crippen molar-refractivity contribution in [3.63, 3.8) is 0 Å². The second-order valence-electron chi connectivity index (χ2n) is 6.16. The molecule has 1 heterocycles. The molecule has 3 aromatic rings. The number of rotatable bonds is 5. The Labute approximate surface area is 159 Å². The molecule has 0 saturated heterocycles. The first-order valence-corrected chi connectivity index (χ1v) is 8.90. The van der Waals surface area contributed by atoms with Crippen LogP contribution in [-0.4, -0.2) is 31.6 Å². The Morgan fingerprint density at radius 1 is 1.04 bits per heavy atom. The maximum absolute atomic E-state index is 11.3. The second kappa shape index (κ2) is 9.14. The maximum Gasteiger partial charge on any atom is 0.226 e. The first-order valence-electron chi connectivity index (χ1n) is 8.90. The highest BCUT2D eigenvalue weighted by atomic mass is 16.5. The van der Waals surface area contributed by atoms with E-state index in [0.29, 0.717) is 18.9 Å². The third kappa shape index (κ3) is 4.63. The van der Waals surface area contributed by atoms with Crippen molar-refractivity contribution in [2.45, 2.75) is 19.3 Å². The molecule has 0 fully saturated rings. The van der Waals surface area contributed by atoms with Gasteiger partial charge >= 0.3 is 0 Å². The quantitative estimate of drug-likeness (QED) is 0.672. The summed E-state index contributed by atoms with van der Waals surface area (Å²) >= 11 is 0. The molecule has 2 aromatic carbocycles. The number of oxazole rings is 1. The van der Waals surface area contributed by atoms with E-state index in [-0.39, 0.29) is 5.78 Å². The van der Waals surface area contributed by atoms with E-state index in [4.69, 9.17) is 13.9 Å². The number of hydrogen-bond donors (Lipinski definition) is 0. The zero-order valence-electron chi connectivity index (χ0n) is 15.6. The van der Waals surface area contributed by atoms with Crippen LogP contribution in [0.2, 0.25) is 0 Å². The molecule has 0 saturated carbocycles. The van der Waals surface area contributed by atoms with Crippen molar-refractivity contribution in [3.8, 4) is 17.2 Å². The summed E-state index contributed by atoms with van der Waals surface area (Å²) in [6.07, 6.45) is 3.93. The number of carbonyl (C=O) groups is 1. The van der Waals surface area contributed by atoms with Crippen LogP contribution >= 0.6 is 0 Å². The van der Waals surface area contributed by atoms with Gasteiger partial charge in [-0.3, -0.25) is 4.79 Å². The van der Waals surface area contributed by atoms with E-state index in [2.05, 4.69) is 4.98 Å². The zero-order chi connectivity index (χ0) is 19.1. The Bertz CT molecular complexity index is 886. The lowest BCUT2D eigenvalue weighted by molar-refractivity contribution is 0.0994. The van der Waals surface area contributed by atoms with Crippen LogP contribution in [0.15, 0.2) is 59.2 Å². The van der Waals surface area contributed by atoms with Crippen molar-refractivity contribution in [3.05, 3.63) is 71.6 Å². The average Bonchev–Trinajstić information content (AvgIpc) is 3.35. The fraction of sp³-hybridized carbons (Fsp3) is 0.273. The van der Waals surface area contributed by atoms with Gasteiger partial charge in [0.15, 0.2) is 5.78 Å². The normalized spacial score (nSPS) is 12.3. The van der Waals surface area contributed by atoms with Crippen molar-refractivity contribution in [2.75, 3.05) is 20.8 Å². The van der Waals surface area contributed by atoms with Crippen LogP contribution in [0, 0.1) is 0 Å². The molecule has 0 atom stereocenters.